The minimum absolute atomic E-state index is 0.0247. The molecule has 0 saturated heterocycles. The van der Waals surface area contributed by atoms with E-state index in [1.54, 1.807) is 6.07 Å². The van der Waals surface area contributed by atoms with Crippen molar-refractivity contribution in [2.75, 3.05) is 0 Å². The molecule has 0 saturated carbocycles. The fraction of sp³-hybridized carbons (Fsp3) is 0.250. The van der Waals surface area contributed by atoms with Crippen LogP contribution in [0.5, 0.6) is 0 Å². The average Bonchev–Trinajstić information content (AvgIpc) is 2.37. The number of hydrogen-bond donors (Lipinski definition) is 1. The van der Waals surface area contributed by atoms with E-state index in [0.717, 1.165) is 12.0 Å². The summed E-state index contributed by atoms with van der Waals surface area (Å²) in [5.41, 5.74) is 9.42. The molecule has 0 bridgehead atoms. The molecule has 19 heavy (non-hydrogen) atoms. The van der Waals surface area contributed by atoms with E-state index in [1.807, 2.05) is 6.07 Å². The normalized spacial score (nSPS) is 12.4. The lowest BCUT2D eigenvalue weighted by molar-refractivity contribution is 0.618. The molecular formula is C16H17ClFN. The van der Waals surface area contributed by atoms with Crippen LogP contribution in [0.2, 0.25) is 5.02 Å². The quantitative estimate of drug-likeness (QED) is 0.901. The fourth-order valence-corrected chi connectivity index (χ4v) is 2.19. The molecule has 0 radical (unpaired) electrons. The number of hydrogen-bond acceptors (Lipinski definition) is 1. The lowest BCUT2D eigenvalue weighted by Crippen LogP contribution is -2.25. The van der Waals surface area contributed by atoms with Gasteiger partial charge < -0.3 is 5.73 Å². The van der Waals surface area contributed by atoms with Crippen LogP contribution >= 0.6 is 11.6 Å². The molecule has 2 aromatic rings. The Bertz CT molecular complexity index is 551. The van der Waals surface area contributed by atoms with Gasteiger partial charge in [-0.05, 0) is 43.0 Å². The van der Waals surface area contributed by atoms with E-state index < -0.39 is 0 Å². The van der Waals surface area contributed by atoms with Gasteiger partial charge in [0.15, 0.2) is 0 Å². The molecule has 0 fully saturated rings. The molecule has 2 aromatic carbocycles. The molecule has 0 aliphatic carbocycles. The molecule has 1 nitrogen and oxygen atoms in total. The highest BCUT2D eigenvalue weighted by Crippen LogP contribution is 2.17. The highest BCUT2D eigenvalue weighted by Gasteiger charge is 2.07. The Morgan fingerprint density at radius 2 is 1.63 bits per heavy atom. The number of nitrogens with two attached hydrogens (primary N) is 1. The van der Waals surface area contributed by atoms with Gasteiger partial charge in [-0.25, -0.2) is 4.39 Å². The average molecular weight is 278 g/mol. The second kappa shape index (κ2) is 6.18. The zero-order chi connectivity index (χ0) is 13.8. The largest absolute Gasteiger partial charge is 0.327 e. The van der Waals surface area contributed by atoms with Crippen molar-refractivity contribution in [3.8, 4) is 0 Å². The van der Waals surface area contributed by atoms with Gasteiger partial charge in [0, 0.05) is 6.04 Å². The van der Waals surface area contributed by atoms with Crippen molar-refractivity contribution in [3.63, 3.8) is 0 Å². The van der Waals surface area contributed by atoms with Crippen LogP contribution in [-0.4, -0.2) is 6.04 Å². The van der Waals surface area contributed by atoms with Crippen LogP contribution in [0.1, 0.15) is 16.7 Å². The van der Waals surface area contributed by atoms with Gasteiger partial charge in [-0.15, -0.1) is 0 Å². The molecule has 1 atom stereocenters. The maximum absolute atomic E-state index is 13.3. The summed E-state index contributed by atoms with van der Waals surface area (Å²) in [6.45, 7) is 2.06. The van der Waals surface area contributed by atoms with Gasteiger partial charge >= 0.3 is 0 Å². The first-order valence-corrected chi connectivity index (χ1v) is 6.67. The van der Waals surface area contributed by atoms with Crippen LogP contribution in [0.3, 0.4) is 0 Å². The molecule has 0 aliphatic rings. The lowest BCUT2D eigenvalue weighted by Gasteiger charge is -2.12. The summed E-state index contributed by atoms with van der Waals surface area (Å²) in [7, 11) is 0. The molecule has 3 heteroatoms. The molecule has 0 aromatic heterocycles. The minimum Gasteiger partial charge on any atom is -0.327 e. The molecular weight excluding hydrogens is 261 g/mol. The first-order valence-electron chi connectivity index (χ1n) is 6.29. The molecule has 0 aliphatic heterocycles. The third-order valence-corrected chi connectivity index (χ3v) is 3.41. The van der Waals surface area contributed by atoms with Gasteiger partial charge in [0.1, 0.15) is 5.82 Å². The van der Waals surface area contributed by atoms with Crippen molar-refractivity contribution < 1.29 is 4.39 Å². The van der Waals surface area contributed by atoms with Crippen LogP contribution < -0.4 is 5.73 Å². The van der Waals surface area contributed by atoms with Crippen molar-refractivity contribution in [1.82, 2.24) is 0 Å². The van der Waals surface area contributed by atoms with Crippen molar-refractivity contribution >= 4 is 11.6 Å². The van der Waals surface area contributed by atoms with Gasteiger partial charge in [0.25, 0.3) is 0 Å². The fourth-order valence-electron chi connectivity index (χ4n) is 2.07. The lowest BCUT2D eigenvalue weighted by atomic mass is 9.99. The molecule has 2 rings (SSSR count). The third-order valence-electron chi connectivity index (χ3n) is 3.10. The molecule has 2 N–H and O–H groups in total. The summed E-state index contributed by atoms with van der Waals surface area (Å²) in [6, 6.07) is 13.1. The predicted octanol–water partition coefficient (Wildman–Crippen LogP) is 3.90. The molecule has 100 valence electrons. The topological polar surface area (TPSA) is 26.0 Å². The van der Waals surface area contributed by atoms with E-state index in [-0.39, 0.29) is 16.9 Å². The Labute approximate surface area is 118 Å². The summed E-state index contributed by atoms with van der Waals surface area (Å²) in [5, 5.41) is 0.149. The standard InChI is InChI=1S/C16H17ClFN/c1-11-2-4-12(5-3-11)8-14(19)9-13-6-7-15(17)16(18)10-13/h2-7,10,14H,8-9,19H2,1H3. The summed E-state index contributed by atoms with van der Waals surface area (Å²) in [5.74, 6) is -0.387. The molecule has 0 heterocycles. The Morgan fingerprint density at radius 1 is 1.05 bits per heavy atom. The summed E-state index contributed by atoms with van der Waals surface area (Å²) < 4.78 is 13.3. The first-order chi connectivity index (χ1) is 9.04. The number of benzene rings is 2. The van der Waals surface area contributed by atoms with Crippen molar-refractivity contribution in [2.24, 2.45) is 5.73 Å². The van der Waals surface area contributed by atoms with Crippen molar-refractivity contribution in [3.05, 3.63) is 70.0 Å². The van der Waals surface area contributed by atoms with Crippen LogP contribution in [0, 0.1) is 12.7 Å². The maximum Gasteiger partial charge on any atom is 0.142 e. The Kier molecular flexibility index (Phi) is 4.56. The first kappa shape index (κ1) is 14.0. The zero-order valence-corrected chi connectivity index (χ0v) is 11.6. The number of aryl methyl sites for hydroxylation is 1. The molecule has 1 unspecified atom stereocenters. The van der Waals surface area contributed by atoms with Crippen LogP contribution in [-0.2, 0) is 12.8 Å². The van der Waals surface area contributed by atoms with Gasteiger partial charge in [0.05, 0.1) is 5.02 Å². The minimum atomic E-state index is -0.387. The highest BCUT2D eigenvalue weighted by atomic mass is 35.5. The molecule has 0 amide bonds. The Hall–Kier alpha value is -1.38. The van der Waals surface area contributed by atoms with E-state index in [4.69, 9.17) is 17.3 Å². The SMILES string of the molecule is Cc1ccc(CC(N)Cc2ccc(Cl)c(F)c2)cc1. The van der Waals surface area contributed by atoms with Crippen LogP contribution in [0.25, 0.3) is 0 Å². The van der Waals surface area contributed by atoms with Gasteiger partial charge in [0.2, 0.25) is 0 Å². The zero-order valence-electron chi connectivity index (χ0n) is 10.9. The van der Waals surface area contributed by atoms with Crippen molar-refractivity contribution in [1.29, 1.82) is 0 Å². The van der Waals surface area contributed by atoms with E-state index in [2.05, 4.69) is 31.2 Å². The van der Waals surface area contributed by atoms with Crippen molar-refractivity contribution in [2.45, 2.75) is 25.8 Å². The summed E-state index contributed by atoms with van der Waals surface area (Å²) >= 11 is 5.66. The summed E-state index contributed by atoms with van der Waals surface area (Å²) in [4.78, 5) is 0. The van der Waals surface area contributed by atoms with E-state index >= 15 is 0 Å². The maximum atomic E-state index is 13.3. The smallest absolute Gasteiger partial charge is 0.142 e. The van der Waals surface area contributed by atoms with E-state index in [0.29, 0.717) is 6.42 Å². The van der Waals surface area contributed by atoms with Gasteiger partial charge in [-0.3, -0.25) is 0 Å². The van der Waals surface area contributed by atoms with E-state index in [1.165, 1.54) is 17.2 Å². The predicted molar refractivity (Wildman–Crippen MR) is 78.0 cm³/mol. The third kappa shape index (κ3) is 4.05. The highest BCUT2D eigenvalue weighted by molar-refractivity contribution is 6.30. The van der Waals surface area contributed by atoms with Crippen LogP contribution in [0.4, 0.5) is 4.39 Å². The second-order valence-corrected chi connectivity index (χ2v) is 5.31. The Morgan fingerprint density at radius 3 is 2.26 bits per heavy atom. The molecule has 0 spiro atoms. The Balaban J connectivity index is 1.98. The van der Waals surface area contributed by atoms with Gasteiger partial charge in [-0.2, -0.15) is 0 Å². The van der Waals surface area contributed by atoms with Gasteiger partial charge in [-0.1, -0.05) is 47.5 Å². The van der Waals surface area contributed by atoms with Crippen LogP contribution in [0.15, 0.2) is 42.5 Å². The number of halogens is 2. The second-order valence-electron chi connectivity index (χ2n) is 4.90. The summed E-state index contributed by atoms with van der Waals surface area (Å²) in [6.07, 6.45) is 1.42. The number of rotatable bonds is 4. The van der Waals surface area contributed by atoms with E-state index in [9.17, 15) is 4.39 Å². The monoisotopic (exact) mass is 277 g/mol.